The summed E-state index contributed by atoms with van der Waals surface area (Å²) in [4.78, 5) is 26.7. The zero-order valence-corrected chi connectivity index (χ0v) is 12.5. The van der Waals surface area contributed by atoms with Gasteiger partial charge >= 0.3 is 0 Å². The Morgan fingerprint density at radius 3 is 2.45 bits per heavy atom. The van der Waals surface area contributed by atoms with E-state index in [0.717, 1.165) is 5.56 Å². The van der Waals surface area contributed by atoms with Gasteiger partial charge in [-0.3, -0.25) is 9.59 Å². The number of nitrogens with one attached hydrogen (secondary N) is 2. The minimum atomic E-state index is -0.428. The molecule has 1 aromatic heterocycles. The van der Waals surface area contributed by atoms with Crippen LogP contribution < -0.4 is 10.9 Å². The van der Waals surface area contributed by atoms with Gasteiger partial charge in [0.15, 0.2) is 0 Å². The fourth-order valence-electron chi connectivity index (χ4n) is 1.94. The highest BCUT2D eigenvalue weighted by atomic mass is 16.2. The molecule has 0 aliphatic rings. The SMILES string of the molecule is CC(C)CNC(=O)c1ccc(-c2ccc(C#N)cc2)[nH]c1=O. The highest BCUT2D eigenvalue weighted by Crippen LogP contribution is 2.16. The van der Waals surface area contributed by atoms with Crippen molar-refractivity contribution in [1.29, 1.82) is 5.26 Å². The van der Waals surface area contributed by atoms with Gasteiger partial charge in [-0.2, -0.15) is 5.26 Å². The molecule has 0 bridgehead atoms. The molecule has 0 radical (unpaired) electrons. The summed E-state index contributed by atoms with van der Waals surface area (Å²) in [5.41, 5.74) is 1.61. The number of benzene rings is 1. The molecule has 0 saturated heterocycles. The first-order valence-corrected chi connectivity index (χ1v) is 7.03. The molecule has 1 amide bonds. The second kappa shape index (κ2) is 6.72. The van der Waals surface area contributed by atoms with Crippen molar-refractivity contribution in [3.05, 3.63) is 57.9 Å². The zero-order chi connectivity index (χ0) is 16.1. The Bertz CT molecular complexity index is 768. The lowest BCUT2D eigenvalue weighted by Crippen LogP contribution is -2.32. The van der Waals surface area contributed by atoms with E-state index in [2.05, 4.69) is 10.3 Å². The fraction of sp³-hybridized carbons (Fsp3) is 0.235. The predicted molar refractivity (Wildman–Crippen MR) is 84.4 cm³/mol. The number of nitrogens with zero attached hydrogens (tertiary/aromatic N) is 1. The first-order chi connectivity index (χ1) is 10.5. The number of carbonyl (C=O) groups is 1. The van der Waals surface area contributed by atoms with E-state index in [1.807, 2.05) is 19.9 Å². The Balaban J connectivity index is 2.24. The average Bonchev–Trinajstić information content (AvgIpc) is 2.52. The van der Waals surface area contributed by atoms with Crippen molar-refractivity contribution in [2.75, 3.05) is 6.54 Å². The van der Waals surface area contributed by atoms with Crippen LogP contribution in [0.4, 0.5) is 0 Å². The van der Waals surface area contributed by atoms with Crippen molar-refractivity contribution < 1.29 is 4.79 Å². The van der Waals surface area contributed by atoms with Crippen molar-refractivity contribution in [2.45, 2.75) is 13.8 Å². The van der Waals surface area contributed by atoms with Gasteiger partial charge in [-0.25, -0.2) is 0 Å². The molecule has 0 spiro atoms. The van der Waals surface area contributed by atoms with Crippen LogP contribution in [-0.2, 0) is 0 Å². The molecule has 5 nitrogen and oxygen atoms in total. The maximum absolute atomic E-state index is 12.1. The van der Waals surface area contributed by atoms with E-state index in [1.54, 1.807) is 30.3 Å². The van der Waals surface area contributed by atoms with Crippen LogP contribution in [0.15, 0.2) is 41.2 Å². The number of aromatic nitrogens is 1. The summed E-state index contributed by atoms with van der Waals surface area (Å²) in [6.45, 7) is 4.49. The van der Waals surface area contributed by atoms with Crippen LogP contribution in [0.1, 0.15) is 29.8 Å². The van der Waals surface area contributed by atoms with Crippen molar-refractivity contribution in [1.82, 2.24) is 10.3 Å². The van der Waals surface area contributed by atoms with Crippen LogP contribution in [0, 0.1) is 17.2 Å². The monoisotopic (exact) mass is 295 g/mol. The molecule has 0 unspecified atom stereocenters. The predicted octanol–water partition coefficient (Wildman–Crippen LogP) is 2.30. The number of pyridine rings is 1. The zero-order valence-electron chi connectivity index (χ0n) is 12.5. The second-order valence-corrected chi connectivity index (χ2v) is 5.41. The van der Waals surface area contributed by atoms with Gasteiger partial charge in [-0.15, -0.1) is 0 Å². The number of rotatable bonds is 4. The molecule has 2 N–H and O–H groups in total. The van der Waals surface area contributed by atoms with Crippen molar-refractivity contribution >= 4 is 5.91 Å². The maximum Gasteiger partial charge on any atom is 0.261 e. The van der Waals surface area contributed by atoms with Crippen LogP contribution >= 0.6 is 0 Å². The summed E-state index contributed by atoms with van der Waals surface area (Å²) in [5, 5.41) is 11.5. The van der Waals surface area contributed by atoms with Crippen molar-refractivity contribution in [3.8, 4) is 17.3 Å². The van der Waals surface area contributed by atoms with E-state index in [9.17, 15) is 9.59 Å². The number of nitriles is 1. The maximum atomic E-state index is 12.1. The van der Waals surface area contributed by atoms with Gasteiger partial charge in [0.05, 0.1) is 11.6 Å². The summed E-state index contributed by atoms with van der Waals surface area (Å²) in [6, 6.07) is 12.1. The molecular formula is C17H17N3O2. The van der Waals surface area contributed by atoms with Crippen LogP contribution in [0.25, 0.3) is 11.3 Å². The Morgan fingerprint density at radius 1 is 1.23 bits per heavy atom. The number of H-pyrrole nitrogens is 1. The van der Waals surface area contributed by atoms with Crippen molar-refractivity contribution in [2.24, 2.45) is 5.92 Å². The second-order valence-electron chi connectivity index (χ2n) is 5.41. The van der Waals surface area contributed by atoms with E-state index in [4.69, 9.17) is 5.26 Å². The average molecular weight is 295 g/mol. The number of hydrogen-bond acceptors (Lipinski definition) is 3. The van der Waals surface area contributed by atoms with Crippen molar-refractivity contribution in [3.63, 3.8) is 0 Å². The van der Waals surface area contributed by atoms with Gasteiger partial charge in [0.25, 0.3) is 11.5 Å². The topological polar surface area (TPSA) is 85.8 Å². The Morgan fingerprint density at radius 2 is 1.91 bits per heavy atom. The molecule has 1 aromatic carbocycles. The first-order valence-electron chi connectivity index (χ1n) is 7.03. The number of amides is 1. The fourth-order valence-corrected chi connectivity index (χ4v) is 1.94. The van der Waals surface area contributed by atoms with Gasteiger partial charge in [0.1, 0.15) is 5.56 Å². The lowest BCUT2D eigenvalue weighted by Gasteiger charge is -2.08. The third-order valence-corrected chi connectivity index (χ3v) is 3.15. The van der Waals surface area contributed by atoms with E-state index < -0.39 is 5.56 Å². The minimum Gasteiger partial charge on any atom is -0.352 e. The molecule has 0 atom stereocenters. The Labute approximate surface area is 128 Å². The van der Waals surface area contributed by atoms with Gasteiger partial charge in [-0.1, -0.05) is 26.0 Å². The van der Waals surface area contributed by atoms with Crippen LogP contribution in [0.3, 0.4) is 0 Å². The third-order valence-electron chi connectivity index (χ3n) is 3.15. The quantitative estimate of drug-likeness (QED) is 0.907. The molecule has 2 rings (SSSR count). The van der Waals surface area contributed by atoms with Crippen LogP contribution in [0.2, 0.25) is 0 Å². The lowest BCUT2D eigenvalue weighted by molar-refractivity contribution is 0.0947. The Hall–Kier alpha value is -2.87. The van der Waals surface area contributed by atoms with Crippen LogP contribution in [0.5, 0.6) is 0 Å². The van der Waals surface area contributed by atoms with E-state index in [0.29, 0.717) is 23.7 Å². The summed E-state index contributed by atoms with van der Waals surface area (Å²) < 4.78 is 0. The van der Waals surface area contributed by atoms with Gasteiger partial charge < -0.3 is 10.3 Å². The number of hydrogen-bond donors (Lipinski definition) is 2. The number of carbonyl (C=O) groups excluding carboxylic acids is 1. The third kappa shape index (κ3) is 3.61. The molecule has 112 valence electrons. The first kappa shape index (κ1) is 15.5. The largest absolute Gasteiger partial charge is 0.352 e. The molecule has 1 heterocycles. The molecule has 0 saturated carbocycles. The van der Waals surface area contributed by atoms with Gasteiger partial charge in [0.2, 0.25) is 0 Å². The molecule has 22 heavy (non-hydrogen) atoms. The van der Waals surface area contributed by atoms with E-state index in [1.165, 1.54) is 6.07 Å². The standard InChI is InChI=1S/C17H17N3O2/c1-11(2)10-19-16(21)14-7-8-15(20-17(14)22)13-5-3-12(9-18)4-6-13/h3-8,11H,10H2,1-2H3,(H,19,21)(H,20,22). The molecule has 2 aromatic rings. The van der Waals surface area contributed by atoms with E-state index in [-0.39, 0.29) is 11.5 Å². The molecule has 5 heteroatoms. The minimum absolute atomic E-state index is 0.0954. The van der Waals surface area contributed by atoms with Crippen LogP contribution in [-0.4, -0.2) is 17.4 Å². The van der Waals surface area contributed by atoms with Gasteiger partial charge in [0, 0.05) is 12.2 Å². The summed E-state index contributed by atoms with van der Waals surface area (Å²) in [5.74, 6) is -0.0534. The summed E-state index contributed by atoms with van der Waals surface area (Å²) in [6.07, 6.45) is 0. The smallest absolute Gasteiger partial charge is 0.261 e. The molecule has 0 aliphatic heterocycles. The summed E-state index contributed by atoms with van der Waals surface area (Å²) in [7, 11) is 0. The number of aromatic amines is 1. The molecule has 0 aliphatic carbocycles. The summed E-state index contributed by atoms with van der Waals surface area (Å²) >= 11 is 0. The normalized spacial score (nSPS) is 10.3. The van der Waals surface area contributed by atoms with E-state index >= 15 is 0 Å². The highest BCUT2D eigenvalue weighted by molar-refractivity contribution is 5.94. The highest BCUT2D eigenvalue weighted by Gasteiger charge is 2.11. The van der Waals surface area contributed by atoms with Gasteiger partial charge in [-0.05, 0) is 35.7 Å². The Kier molecular flexibility index (Phi) is 4.74. The molecular weight excluding hydrogens is 278 g/mol. The molecule has 0 fully saturated rings. The lowest BCUT2D eigenvalue weighted by atomic mass is 10.1.